The van der Waals surface area contributed by atoms with Crippen LogP contribution in [-0.2, 0) is 0 Å². The van der Waals surface area contributed by atoms with Gasteiger partial charge in [0, 0.05) is 14.6 Å². The van der Waals surface area contributed by atoms with E-state index in [2.05, 4.69) is 40.2 Å². The van der Waals surface area contributed by atoms with Crippen LogP contribution < -0.4 is 5.43 Å². The highest BCUT2D eigenvalue weighted by Gasteiger charge is 2.01. The van der Waals surface area contributed by atoms with Gasteiger partial charge in [0.2, 0.25) is 0 Å². The Morgan fingerprint density at radius 2 is 1.79 bits per heavy atom. The fourth-order valence-electron chi connectivity index (χ4n) is 1.66. The third-order valence-corrected chi connectivity index (χ3v) is 4.64. The van der Waals surface area contributed by atoms with Crippen LogP contribution in [-0.4, -0.2) is 6.21 Å². The first-order chi connectivity index (χ1) is 9.42. The zero-order valence-electron chi connectivity index (χ0n) is 10.1. The number of para-hydroxylation sites is 1. The molecule has 0 saturated heterocycles. The topological polar surface area (TPSA) is 24.4 Å². The lowest BCUT2D eigenvalue weighted by molar-refractivity contribution is 1.35. The summed E-state index contributed by atoms with van der Waals surface area (Å²) in [4.78, 5) is 3.74. The molecule has 2 aromatic heterocycles. The molecule has 0 fully saturated rings. The number of rotatable bonds is 4. The van der Waals surface area contributed by atoms with Crippen molar-refractivity contribution in [2.75, 3.05) is 5.43 Å². The minimum absolute atomic E-state index is 0.994. The summed E-state index contributed by atoms with van der Waals surface area (Å²) in [5.74, 6) is 0. The summed E-state index contributed by atoms with van der Waals surface area (Å²) in [7, 11) is 0. The molecule has 0 radical (unpaired) electrons. The van der Waals surface area contributed by atoms with Crippen LogP contribution in [0, 0.1) is 0 Å². The van der Waals surface area contributed by atoms with Gasteiger partial charge >= 0.3 is 0 Å². The lowest BCUT2D eigenvalue weighted by atomic mass is 10.3. The van der Waals surface area contributed by atoms with E-state index in [0.717, 1.165) is 10.6 Å². The standard InChI is InChI=1S/C15H12N2S2/c1-2-5-12(6-3-1)17-16-11-13-8-9-15(19-13)14-7-4-10-18-14/h1-11,17H. The highest BCUT2D eigenvalue weighted by Crippen LogP contribution is 2.30. The Morgan fingerprint density at radius 1 is 0.895 bits per heavy atom. The molecular formula is C15H12N2S2. The number of thiophene rings is 2. The van der Waals surface area contributed by atoms with Gasteiger partial charge < -0.3 is 0 Å². The molecule has 0 aliphatic rings. The van der Waals surface area contributed by atoms with Crippen molar-refractivity contribution >= 4 is 34.6 Å². The van der Waals surface area contributed by atoms with Crippen LogP contribution >= 0.6 is 22.7 Å². The zero-order valence-corrected chi connectivity index (χ0v) is 11.7. The smallest absolute Gasteiger partial charge is 0.0644 e. The van der Waals surface area contributed by atoms with Crippen molar-refractivity contribution in [3.8, 4) is 9.75 Å². The Morgan fingerprint density at radius 3 is 2.58 bits per heavy atom. The predicted molar refractivity (Wildman–Crippen MR) is 85.3 cm³/mol. The molecule has 3 rings (SSSR count). The summed E-state index contributed by atoms with van der Waals surface area (Å²) >= 11 is 3.51. The first-order valence-electron chi connectivity index (χ1n) is 5.90. The Labute approximate surface area is 120 Å². The minimum atomic E-state index is 0.994. The number of anilines is 1. The van der Waals surface area contributed by atoms with Crippen LogP contribution in [0.15, 0.2) is 65.1 Å². The Hall–Kier alpha value is -1.91. The van der Waals surface area contributed by atoms with Gasteiger partial charge in [-0.05, 0) is 35.7 Å². The first-order valence-corrected chi connectivity index (χ1v) is 7.59. The predicted octanol–water partition coefficient (Wildman–Crippen LogP) is 4.92. The van der Waals surface area contributed by atoms with E-state index < -0.39 is 0 Å². The SMILES string of the molecule is C(=NNc1ccccc1)c1ccc(-c2cccs2)s1. The van der Waals surface area contributed by atoms with Gasteiger partial charge in [-0.25, -0.2) is 0 Å². The molecule has 1 aromatic carbocycles. The number of benzene rings is 1. The molecule has 0 spiro atoms. The number of hydrogen-bond acceptors (Lipinski definition) is 4. The van der Waals surface area contributed by atoms with E-state index in [1.807, 2.05) is 36.5 Å². The van der Waals surface area contributed by atoms with Gasteiger partial charge in [0.15, 0.2) is 0 Å². The van der Waals surface area contributed by atoms with Crippen molar-refractivity contribution in [2.24, 2.45) is 5.10 Å². The summed E-state index contributed by atoms with van der Waals surface area (Å²) in [6, 6.07) is 18.4. The molecule has 0 bridgehead atoms. The lowest BCUT2D eigenvalue weighted by Gasteiger charge is -1.97. The Kier molecular flexibility index (Phi) is 3.72. The summed E-state index contributed by atoms with van der Waals surface area (Å²) in [6.07, 6.45) is 1.86. The molecule has 1 N–H and O–H groups in total. The van der Waals surface area contributed by atoms with Crippen LogP contribution in [0.3, 0.4) is 0 Å². The quantitative estimate of drug-likeness (QED) is 0.533. The molecule has 0 atom stereocenters. The minimum Gasteiger partial charge on any atom is -0.278 e. The average molecular weight is 284 g/mol. The van der Waals surface area contributed by atoms with E-state index in [0.29, 0.717) is 0 Å². The van der Waals surface area contributed by atoms with E-state index in [1.165, 1.54) is 9.75 Å². The van der Waals surface area contributed by atoms with Crippen LogP contribution in [0.25, 0.3) is 9.75 Å². The van der Waals surface area contributed by atoms with Crippen molar-refractivity contribution in [1.82, 2.24) is 0 Å². The third-order valence-electron chi connectivity index (χ3n) is 2.55. The molecule has 0 amide bonds. The average Bonchev–Trinajstić information content (AvgIpc) is 3.10. The van der Waals surface area contributed by atoms with E-state index >= 15 is 0 Å². The maximum atomic E-state index is 4.25. The van der Waals surface area contributed by atoms with Crippen molar-refractivity contribution in [3.05, 3.63) is 64.9 Å². The molecule has 0 saturated carbocycles. The Bertz CT molecular complexity index is 655. The van der Waals surface area contributed by atoms with Gasteiger partial charge in [-0.3, -0.25) is 5.43 Å². The molecule has 2 heterocycles. The number of nitrogens with zero attached hydrogens (tertiary/aromatic N) is 1. The molecule has 94 valence electrons. The summed E-state index contributed by atoms with van der Waals surface area (Å²) in [5, 5.41) is 6.34. The fraction of sp³-hybridized carbons (Fsp3) is 0. The number of hydrogen-bond donors (Lipinski definition) is 1. The molecule has 19 heavy (non-hydrogen) atoms. The second-order valence-electron chi connectivity index (χ2n) is 3.92. The normalized spacial score (nSPS) is 10.9. The van der Waals surface area contributed by atoms with Crippen LogP contribution in [0.5, 0.6) is 0 Å². The van der Waals surface area contributed by atoms with Crippen LogP contribution in [0.2, 0.25) is 0 Å². The van der Waals surface area contributed by atoms with Crippen LogP contribution in [0.4, 0.5) is 5.69 Å². The van der Waals surface area contributed by atoms with Gasteiger partial charge in [-0.2, -0.15) is 5.10 Å². The van der Waals surface area contributed by atoms with Gasteiger partial charge in [0.1, 0.15) is 0 Å². The summed E-state index contributed by atoms with van der Waals surface area (Å²) in [5.41, 5.74) is 4.01. The van der Waals surface area contributed by atoms with Crippen LogP contribution in [0.1, 0.15) is 4.88 Å². The summed E-state index contributed by atoms with van der Waals surface area (Å²) < 4.78 is 0. The first kappa shape index (κ1) is 12.1. The highest BCUT2D eigenvalue weighted by atomic mass is 32.1. The van der Waals surface area contributed by atoms with Gasteiger partial charge in [-0.1, -0.05) is 24.3 Å². The van der Waals surface area contributed by atoms with Crippen molar-refractivity contribution in [3.63, 3.8) is 0 Å². The Balaban J connectivity index is 1.67. The van der Waals surface area contributed by atoms with E-state index in [4.69, 9.17) is 0 Å². The van der Waals surface area contributed by atoms with E-state index in [1.54, 1.807) is 22.7 Å². The molecule has 4 heteroatoms. The van der Waals surface area contributed by atoms with E-state index in [-0.39, 0.29) is 0 Å². The molecule has 2 nitrogen and oxygen atoms in total. The number of hydrazone groups is 1. The number of nitrogens with one attached hydrogen (secondary N) is 1. The van der Waals surface area contributed by atoms with Crippen molar-refractivity contribution in [2.45, 2.75) is 0 Å². The molecule has 3 aromatic rings. The van der Waals surface area contributed by atoms with E-state index in [9.17, 15) is 0 Å². The van der Waals surface area contributed by atoms with Gasteiger partial charge in [0.25, 0.3) is 0 Å². The third kappa shape index (κ3) is 3.10. The van der Waals surface area contributed by atoms with Crippen molar-refractivity contribution < 1.29 is 0 Å². The van der Waals surface area contributed by atoms with Gasteiger partial charge in [0.05, 0.1) is 11.9 Å². The zero-order chi connectivity index (χ0) is 12.9. The molecule has 0 aliphatic heterocycles. The van der Waals surface area contributed by atoms with Crippen molar-refractivity contribution in [1.29, 1.82) is 0 Å². The molecular weight excluding hydrogens is 272 g/mol. The van der Waals surface area contributed by atoms with Gasteiger partial charge in [-0.15, -0.1) is 22.7 Å². The highest BCUT2D eigenvalue weighted by molar-refractivity contribution is 7.22. The lowest BCUT2D eigenvalue weighted by Crippen LogP contribution is -1.87. The monoisotopic (exact) mass is 284 g/mol. The maximum absolute atomic E-state index is 4.25. The second kappa shape index (κ2) is 5.82. The second-order valence-corrected chi connectivity index (χ2v) is 5.98. The molecule has 0 aliphatic carbocycles. The summed E-state index contributed by atoms with van der Waals surface area (Å²) in [6.45, 7) is 0. The maximum Gasteiger partial charge on any atom is 0.0644 e. The largest absolute Gasteiger partial charge is 0.278 e. The molecule has 0 unspecified atom stereocenters. The fourth-order valence-corrected chi connectivity index (χ4v) is 3.37.